The van der Waals surface area contributed by atoms with Gasteiger partial charge in [-0.1, -0.05) is 13.8 Å². The van der Waals surface area contributed by atoms with Crippen molar-refractivity contribution in [2.45, 2.75) is 32.9 Å². The van der Waals surface area contributed by atoms with Gasteiger partial charge in [-0.05, 0) is 12.8 Å². The van der Waals surface area contributed by atoms with Gasteiger partial charge in [-0.2, -0.15) is 0 Å². The third-order valence-electron chi connectivity index (χ3n) is 2.55. The molecule has 0 saturated carbocycles. The Labute approximate surface area is 108 Å². The summed E-state index contributed by atoms with van der Waals surface area (Å²) in [5.41, 5.74) is 0. The molecule has 106 valence electrons. The van der Waals surface area contributed by atoms with Gasteiger partial charge >= 0.3 is 5.97 Å². The summed E-state index contributed by atoms with van der Waals surface area (Å²) in [5, 5.41) is 5.67. The van der Waals surface area contributed by atoms with E-state index < -0.39 is 12.1 Å². The number of hydrogen-bond donors (Lipinski definition) is 2. The molecule has 0 bridgehead atoms. The molecule has 0 aromatic rings. The van der Waals surface area contributed by atoms with E-state index in [0.717, 1.165) is 0 Å². The van der Waals surface area contributed by atoms with Crippen LogP contribution in [-0.4, -0.2) is 51.3 Å². The Morgan fingerprint density at radius 1 is 1.17 bits per heavy atom. The largest absolute Gasteiger partial charge is 0.468 e. The fraction of sp³-hybridized carbons (Fsp3) is 0.833. The van der Waals surface area contributed by atoms with Gasteiger partial charge in [-0.25, -0.2) is 0 Å². The molecule has 0 rings (SSSR count). The van der Waals surface area contributed by atoms with E-state index in [-0.39, 0.29) is 17.8 Å². The molecular weight excluding hydrogens is 236 g/mol. The Bertz CT molecular complexity index is 269. The minimum absolute atomic E-state index is 0.0478. The van der Waals surface area contributed by atoms with Crippen molar-refractivity contribution in [2.24, 2.45) is 5.92 Å². The highest BCUT2D eigenvalue weighted by Gasteiger charge is 2.26. The highest BCUT2D eigenvalue weighted by Crippen LogP contribution is 2.04. The fourth-order valence-electron chi connectivity index (χ4n) is 1.43. The molecule has 0 aliphatic rings. The number of carbonyl (C=O) groups is 2. The molecule has 18 heavy (non-hydrogen) atoms. The van der Waals surface area contributed by atoms with Crippen LogP contribution in [0.2, 0.25) is 0 Å². The fourth-order valence-corrected chi connectivity index (χ4v) is 1.43. The smallest absolute Gasteiger partial charge is 0.323 e. The van der Waals surface area contributed by atoms with Crippen molar-refractivity contribution in [3.05, 3.63) is 0 Å². The van der Waals surface area contributed by atoms with Gasteiger partial charge in [0.25, 0.3) is 0 Å². The van der Waals surface area contributed by atoms with Crippen molar-refractivity contribution >= 4 is 11.9 Å². The van der Waals surface area contributed by atoms with E-state index in [2.05, 4.69) is 10.6 Å². The van der Waals surface area contributed by atoms with Crippen molar-refractivity contribution in [3.8, 4) is 0 Å². The second-order valence-electron chi connectivity index (χ2n) is 4.42. The van der Waals surface area contributed by atoms with Gasteiger partial charge in [0, 0.05) is 13.7 Å². The Kier molecular flexibility index (Phi) is 8.32. The zero-order chi connectivity index (χ0) is 14.1. The molecule has 0 aliphatic carbocycles. The molecule has 0 saturated heterocycles. The lowest BCUT2D eigenvalue weighted by Crippen LogP contribution is -2.52. The minimum atomic E-state index is -0.488. The molecule has 0 heterocycles. The average molecular weight is 260 g/mol. The van der Waals surface area contributed by atoms with Crippen LogP contribution in [0, 0.1) is 5.92 Å². The summed E-state index contributed by atoms with van der Waals surface area (Å²) in [7, 11) is 2.91. The molecule has 0 aliphatic heterocycles. The first-order valence-electron chi connectivity index (χ1n) is 6.04. The van der Waals surface area contributed by atoms with Crippen LogP contribution >= 0.6 is 0 Å². The van der Waals surface area contributed by atoms with Gasteiger partial charge in [-0.15, -0.1) is 0 Å². The number of rotatable bonds is 8. The maximum absolute atomic E-state index is 11.7. The lowest BCUT2D eigenvalue weighted by atomic mass is 10.0. The number of ether oxygens (including phenoxy) is 2. The van der Waals surface area contributed by atoms with E-state index in [9.17, 15) is 9.59 Å². The average Bonchev–Trinajstić information content (AvgIpc) is 2.34. The molecule has 1 amide bonds. The molecular formula is C12H24N2O4. The van der Waals surface area contributed by atoms with Crippen LogP contribution in [-0.2, 0) is 19.1 Å². The summed E-state index contributed by atoms with van der Waals surface area (Å²) in [6.07, 6.45) is 0. The van der Waals surface area contributed by atoms with E-state index in [1.54, 1.807) is 14.0 Å². The minimum Gasteiger partial charge on any atom is -0.468 e. The molecule has 6 heteroatoms. The Morgan fingerprint density at radius 3 is 2.22 bits per heavy atom. The van der Waals surface area contributed by atoms with Crippen LogP contribution in [0.15, 0.2) is 0 Å². The van der Waals surface area contributed by atoms with E-state index in [1.165, 1.54) is 7.11 Å². The number of methoxy groups -OCH3 is 2. The third-order valence-corrected chi connectivity index (χ3v) is 2.55. The number of carbonyl (C=O) groups excluding carboxylic acids is 2. The molecule has 0 aromatic heterocycles. The van der Waals surface area contributed by atoms with Crippen LogP contribution in [0.25, 0.3) is 0 Å². The predicted molar refractivity (Wildman–Crippen MR) is 68.1 cm³/mol. The first-order chi connectivity index (χ1) is 8.43. The zero-order valence-corrected chi connectivity index (χ0v) is 11.8. The molecule has 6 nitrogen and oxygen atoms in total. The molecule has 0 spiro atoms. The molecule has 0 aromatic carbocycles. The number of nitrogens with one attached hydrogen (secondary N) is 2. The third kappa shape index (κ3) is 5.97. The molecule has 0 fully saturated rings. The first-order valence-corrected chi connectivity index (χ1v) is 6.04. The van der Waals surface area contributed by atoms with Gasteiger partial charge in [0.2, 0.25) is 5.91 Å². The number of esters is 1. The topological polar surface area (TPSA) is 76.7 Å². The van der Waals surface area contributed by atoms with E-state index in [0.29, 0.717) is 13.2 Å². The monoisotopic (exact) mass is 260 g/mol. The predicted octanol–water partition coefficient (Wildman–Crippen LogP) is -0.0753. The van der Waals surface area contributed by atoms with Crippen molar-refractivity contribution in [3.63, 3.8) is 0 Å². The van der Waals surface area contributed by atoms with Crippen LogP contribution < -0.4 is 10.6 Å². The van der Waals surface area contributed by atoms with E-state index in [1.807, 2.05) is 13.8 Å². The summed E-state index contributed by atoms with van der Waals surface area (Å²) in [5.74, 6) is -0.477. The molecule has 2 N–H and O–H groups in total. The van der Waals surface area contributed by atoms with E-state index >= 15 is 0 Å². The van der Waals surface area contributed by atoms with Crippen molar-refractivity contribution in [2.75, 3.05) is 27.4 Å². The van der Waals surface area contributed by atoms with Gasteiger partial charge < -0.3 is 14.8 Å². The first kappa shape index (κ1) is 16.9. The Morgan fingerprint density at radius 2 is 1.78 bits per heavy atom. The summed E-state index contributed by atoms with van der Waals surface area (Å²) in [4.78, 5) is 23.2. The summed E-state index contributed by atoms with van der Waals surface area (Å²) in [6.45, 7) is 6.41. The highest BCUT2D eigenvalue weighted by atomic mass is 16.5. The van der Waals surface area contributed by atoms with Gasteiger partial charge in [0.15, 0.2) is 0 Å². The Balaban J connectivity index is 4.28. The highest BCUT2D eigenvalue weighted by molar-refractivity contribution is 5.83. The van der Waals surface area contributed by atoms with Crippen molar-refractivity contribution < 1.29 is 19.1 Å². The van der Waals surface area contributed by atoms with Crippen molar-refractivity contribution in [1.29, 1.82) is 0 Å². The number of amides is 1. The van der Waals surface area contributed by atoms with E-state index in [4.69, 9.17) is 9.47 Å². The molecule has 2 atom stereocenters. The SMILES string of the molecule is COCCNC(=O)C(C)NC(C(=O)OC)C(C)C. The zero-order valence-electron chi connectivity index (χ0n) is 11.8. The van der Waals surface area contributed by atoms with Gasteiger partial charge in [0.1, 0.15) is 6.04 Å². The Hall–Kier alpha value is -1.14. The second-order valence-corrected chi connectivity index (χ2v) is 4.42. The lowest BCUT2D eigenvalue weighted by molar-refractivity contribution is -0.144. The van der Waals surface area contributed by atoms with Crippen LogP contribution in [0.3, 0.4) is 0 Å². The standard InChI is InChI=1S/C12H24N2O4/c1-8(2)10(12(16)18-5)14-9(3)11(15)13-6-7-17-4/h8-10,14H,6-7H2,1-5H3,(H,13,15). The summed E-state index contributed by atoms with van der Waals surface area (Å²) < 4.78 is 9.54. The molecule has 0 radical (unpaired) electrons. The maximum atomic E-state index is 11.7. The summed E-state index contributed by atoms with van der Waals surface area (Å²) >= 11 is 0. The normalized spacial score (nSPS) is 14.1. The van der Waals surface area contributed by atoms with Crippen LogP contribution in [0.1, 0.15) is 20.8 Å². The second kappa shape index (κ2) is 8.88. The number of hydrogen-bond acceptors (Lipinski definition) is 5. The molecule has 2 unspecified atom stereocenters. The quantitative estimate of drug-likeness (QED) is 0.472. The van der Waals surface area contributed by atoms with Crippen molar-refractivity contribution in [1.82, 2.24) is 10.6 Å². The van der Waals surface area contributed by atoms with Crippen LogP contribution in [0.4, 0.5) is 0 Å². The van der Waals surface area contributed by atoms with Crippen LogP contribution in [0.5, 0.6) is 0 Å². The van der Waals surface area contributed by atoms with Gasteiger partial charge in [-0.3, -0.25) is 14.9 Å². The summed E-state index contributed by atoms with van der Waals surface area (Å²) in [6, 6.07) is -0.952. The van der Waals surface area contributed by atoms with Gasteiger partial charge in [0.05, 0.1) is 19.8 Å². The maximum Gasteiger partial charge on any atom is 0.323 e. The lowest BCUT2D eigenvalue weighted by Gasteiger charge is -2.23.